The Kier molecular flexibility index (Phi) is 3.39. The van der Waals surface area contributed by atoms with Gasteiger partial charge in [0.05, 0.1) is 30.6 Å². The molecule has 0 unspecified atom stereocenters. The van der Waals surface area contributed by atoms with Crippen molar-refractivity contribution in [1.29, 1.82) is 0 Å². The second-order valence-electron chi connectivity index (χ2n) is 5.23. The highest BCUT2D eigenvalue weighted by Gasteiger charge is 2.29. The molecule has 18 heavy (non-hydrogen) atoms. The lowest BCUT2D eigenvalue weighted by molar-refractivity contribution is -0.0705. The van der Waals surface area contributed by atoms with Gasteiger partial charge in [-0.2, -0.15) is 0 Å². The molecule has 3 N–H and O–H groups in total. The van der Waals surface area contributed by atoms with Crippen LogP contribution >= 0.6 is 0 Å². The third-order valence-electron chi connectivity index (χ3n) is 3.99. The first-order chi connectivity index (χ1) is 8.83. The number of likely N-dealkylation sites (tertiary alicyclic amines) is 1. The summed E-state index contributed by atoms with van der Waals surface area (Å²) < 4.78 is 5.25. The SMILES string of the molecule is Nc1ccccc1NC1CCN(C2COC2)CC1. The molecular formula is C14H21N3O. The van der Waals surface area contributed by atoms with Crippen LogP contribution < -0.4 is 11.1 Å². The molecule has 4 nitrogen and oxygen atoms in total. The molecule has 0 atom stereocenters. The second kappa shape index (κ2) is 5.16. The molecule has 2 aliphatic heterocycles. The first-order valence-corrected chi connectivity index (χ1v) is 6.76. The van der Waals surface area contributed by atoms with Gasteiger partial charge in [0, 0.05) is 19.1 Å². The van der Waals surface area contributed by atoms with Crippen molar-refractivity contribution in [2.24, 2.45) is 0 Å². The van der Waals surface area contributed by atoms with Crippen LogP contribution in [0.4, 0.5) is 11.4 Å². The van der Waals surface area contributed by atoms with Crippen molar-refractivity contribution in [3.05, 3.63) is 24.3 Å². The number of nitrogen functional groups attached to an aromatic ring is 1. The molecule has 2 aliphatic rings. The molecule has 0 bridgehead atoms. The predicted octanol–water partition coefficient (Wildman–Crippen LogP) is 1.54. The number of nitrogens with zero attached hydrogens (tertiary/aromatic N) is 1. The van der Waals surface area contributed by atoms with Gasteiger partial charge < -0.3 is 15.8 Å². The van der Waals surface area contributed by atoms with E-state index in [1.165, 1.54) is 25.9 Å². The van der Waals surface area contributed by atoms with E-state index in [1.54, 1.807) is 0 Å². The molecule has 0 saturated carbocycles. The van der Waals surface area contributed by atoms with E-state index in [0.29, 0.717) is 12.1 Å². The molecule has 2 saturated heterocycles. The van der Waals surface area contributed by atoms with E-state index in [-0.39, 0.29) is 0 Å². The van der Waals surface area contributed by atoms with Gasteiger partial charge in [0.2, 0.25) is 0 Å². The number of ether oxygens (including phenoxy) is 1. The lowest BCUT2D eigenvalue weighted by Gasteiger charge is -2.41. The Balaban J connectivity index is 1.52. The topological polar surface area (TPSA) is 50.5 Å². The van der Waals surface area contributed by atoms with Gasteiger partial charge >= 0.3 is 0 Å². The molecule has 98 valence electrons. The summed E-state index contributed by atoms with van der Waals surface area (Å²) in [5.74, 6) is 0. The molecule has 1 aromatic rings. The van der Waals surface area contributed by atoms with Crippen molar-refractivity contribution in [2.45, 2.75) is 24.9 Å². The molecular weight excluding hydrogens is 226 g/mol. The van der Waals surface area contributed by atoms with Crippen LogP contribution in [0.2, 0.25) is 0 Å². The lowest BCUT2D eigenvalue weighted by Crippen LogP contribution is -2.53. The molecule has 4 heteroatoms. The van der Waals surface area contributed by atoms with E-state index < -0.39 is 0 Å². The van der Waals surface area contributed by atoms with Crippen LogP contribution in [0.25, 0.3) is 0 Å². The molecule has 0 aliphatic carbocycles. The summed E-state index contributed by atoms with van der Waals surface area (Å²) in [5, 5.41) is 3.56. The number of nitrogens with one attached hydrogen (secondary N) is 1. The predicted molar refractivity (Wildman–Crippen MR) is 73.7 cm³/mol. The summed E-state index contributed by atoms with van der Waals surface area (Å²) in [5.41, 5.74) is 7.87. The Morgan fingerprint density at radius 3 is 2.50 bits per heavy atom. The van der Waals surface area contributed by atoms with Crippen LogP contribution in [0.1, 0.15) is 12.8 Å². The number of para-hydroxylation sites is 2. The monoisotopic (exact) mass is 247 g/mol. The van der Waals surface area contributed by atoms with Crippen LogP contribution in [0.5, 0.6) is 0 Å². The van der Waals surface area contributed by atoms with Gasteiger partial charge in [-0.1, -0.05) is 12.1 Å². The molecule has 0 aromatic heterocycles. The van der Waals surface area contributed by atoms with E-state index in [0.717, 1.165) is 24.6 Å². The summed E-state index contributed by atoms with van der Waals surface area (Å²) in [6.45, 7) is 4.17. The third-order valence-corrected chi connectivity index (χ3v) is 3.99. The molecule has 3 rings (SSSR count). The minimum atomic E-state index is 0.548. The van der Waals surface area contributed by atoms with Crippen LogP contribution in [0, 0.1) is 0 Å². The fourth-order valence-electron chi connectivity index (χ4n) is 2.69. The minimum absolute atomic E-state index is 0.548. The van der Waals surface area contributed by atoms with E-state index in [9.17, 15) is 0 Å². The van der Waals surface area contributed by atoms with E-state index in [1.807, 2.05) is 18.2 Å². The summed E-state index contributed by atoms with van der Waals surface area (Å²) >= 11 is 0. The van der Waals surface area contributed by atoms with Crippen LogP contribution in [0.15, 0.2) is 24.3 Å². The average molecular weight is 247 g/mol. The summed E-state index contributed by atoms with van der Waals surface area (Å²) in [7, 11) is 0. The van der Waals surface area contributed by atoms with Gasteiger partial charge in [0.15, 0.2) is 0 Å². The van der Waals surface area contributed by atoms with Gasteiger partial charge in [0.25, 0.3) is 0 Å². The summed E-state index contributed by atoms with van der Waals surface area (Å²) in [6.07, 6.45) is 2.37. The number of piperidine rings is 1. The number of rotatable bonds is 3. The Morgan fingerprint density at radius 2 is 1.89 bits per heavy atom. The van der Waals surface area contributed by atoms with Crippen molar-refractivity contribution in [3.63, 3.8) is 0 Å². The Bertz CT molecular complexity index is 398. The third kappa shape index (κ3) is 2.44. The van der Waals surface area contributed by atoms with E-state index >= 15 is 0 Å². The van der Waals surface area contributed by atoms with Gasteiger partial charge in [0.1, 0.15) is 0 Å². The van der Waals surface area contributed by atoms with Gasteiger partial charge in [-0.25, -0.2) is 0 Å². The van der Waals surface area contributed by atoms with Crippen LogP contribution in [-0.2, 0) is 4.74 Å². The van der Waals surface area contributed by atoms with Crippen LogP contribution in [-0.4, -0.2) is 43.3 Å². The highest BCUT2D eigenvalue weighted by molar-refractivity contribution is 5.65. The second-order valence-corrected chi connectivity index (χ2v) is 5.23. The maximum Gasteiger partial charge on any atom is 0.0645 e. The van der Waals surface area contributed by atoms with Crippen molar-refractivity contribution in [3.8, 4) is 0 Å². The van der Waals surface area contributed by atoms with Gasteiger partial charge in [-0.05, 0) is 25.0 Å². The smallest absolute Gasteiger partial charge is 0.0645 e. The van der Waals surface area contributed by atoms with Crippen molar-refractivity contribution in [1.82, 2.24) is 4.90 Å². The standard InChI is InChI=1S/C14H21N3O/c15-13-3-1-2-4-14(13)16-11-5-7-17(8-6-11)12-9-18-10-12/h1-4,11-12,16H,5-10,15H2. The highest BCUT2D eigenvalue weighted by atomic mass is 16.5. The molecule has 2 fully saturated rings. The maximum atomic E-state index is 5.95. The zero-order chi connectivity index (χ0) is 12.4. The first-order valence-electron chi connectivity index (χ1n) is 6.76. The first kappa shape index (κ1) is 11.8. The fraction of sp³-hybridized carbons (Fsp3) is 0.571. The van der Waals surface area contributed by atoms with Crippen molar-refractivity contribution >= 4 is 11.4 Å². The summed E-state index contributed by atoms with van der Waals surface area (Å²) in [6, 6.07) is 9.23. The molecule has 0 amide bonds. The number of hydrogen-bond acceptors (Lipinski definition) is 4. The van der Waals surface area contributed by atoms with E-state index in [2.05, 4.69) is 16.3 Å². The van der Waals surface area contributed by atoms with Gasteiger partial charge in [-0.3, -0.25) is 4.90 Å². The van der Waals surface area contributed by atoms with E-state index in [4.69, 9.17) is 10.5 Å². The molecule has 0 spiro atoms. The Morgan fingerprint density at radius 1 is 1.17 bits per heavy atom. The largest absolute Gasteiger partial charge is 0.397 e. The Labute approximate surface area is 108 Å². The highest BCUT2D eigenvalue weighted by Crippen LogP contribution is 2.23. The molecule has 1 aromatic carbocycles. The average Bonchev–Trinajstić information content (AvgIpc) is 2.32. The number of anilines is 2. The van der Waals surface area contributed by atoms with Crippen molar-refractivity contribution < 1.29 is 4.74 Å². The Hall–Kier alpha value is -1.26. The zero-order valence-corrected chi connectivity index (χ0v) is 10.6. The number of benzene rings is 1. The molecule has 2 heterocycles. The van der Waals surface area contributed by atoms with Gasteiger partial charge in [-0.15, -0.1) is 0 Å². The number of hydrogen-bond donors (Lipinski definition) is 2. The minimum Gasteiger partial charge on any atom is -0.397 e. The van der Waals surface area contributed by atoms with Crippen LogP contribution in [0.3, 0.4) is 0 Å². The fourth-order valence-corrected chi connectivity index (χ4v) is 2.69. The summed E-state index contributed by atoms with van der Waals surface area (Å²) in [4.78, 5) is 2.55. The molecule has 0 radical (unpaired) electrons. The maximum absolute atomic E-state index is 5.95. The lowest BCUT2D eigenvalue weighted by atomic mass is 10.0. The number of nitrogens with two attached hydrogens (primary N) is 1. The van der Waals surface area contributed by atoms with Crippen molar-refractivity contribution in [2.75, 3.05) is 37.4 Å². The quantitative estimate of drug-likeness (QED) is 0.796. The normalized spacial score (nSPS) is 22.7. The zero-order valence-electron chi connectivity index (χ0n) is 10.6.